The third-order valence-corrected chi connectivity index (χ3v) is 4.57. The second-order valence-corrected chi connectivity index (χ2v) is 6.38. The van der Waals surface area contributed by atoms with Gasteiger partial charge in [-0.15, -0.1) is 0 Å². The van der Waals surface area contributed by atoms with Crippen molar-refractivity contribution in [2.24, 2.45) is 0 Å². The van der Waals surface area contributed by atoms with Crippen molar-refractivity contribution in [2.45, 2.75) is 43.7 Å². The van der Waals surface area contributed by atoms with Crippen molar-refractivity contribution in [1.82, 2.24) is 0 Å². The van der Waals surface area contributed by atoms with Gasteiger partial charge in [-0.1, -0.05) is 15.9 Å². The lowest BCUT2D eigenvalue weighted by Crippen LogP contribution is -2.49. The number of anilines is 1. The Kier molecular flexibility index (Phi) is 3.52. The minimum absolute atomic E-state index is 0.0235. The Morgan fingerprint density at radius 3 is 2.53 bits per heavy atom. The molecule has 104 valence electrons. The van der Waals surface area contributed by atoms with Crippen molar-refractivity contribution in [1.29, 1.82) is 0 Å². The molecule has 1 aromatic carbocycles. The van der Waals surface area contributed by atoms with E-state index < -0.39 is 11.6 Å². The SMILES string of the molecule is Fc1cc(Br)cc(F)c1NC1CCOC2(CCC2)C1. The van der Waals surface area contributed by atoms with Crippen molar-refractivity contribution >= 4 is 21.6 Å². The molecule has 0 amide bonds. The summed E-state index contributed by atoms with van der Waals surface area (Å²) in [5.74, 6) is -1.11. The highest BCUT2D eigenvalue weighted by atomic mass is 79.9. The van der Waals surface area contributed by atoms with E-state index >= 15 is 0 Å². The van der Waals surface area contributed by atoms with Gasteiger partial charge in [0.05, 0.1) is 5.60 Å². The van der Waals surface area contributed by atoms with Crippen LogP contribution in [0.5, 0.6) is 0 Å². The molecule has 1 aromatic rings. The monoisotopic (exact) mass is 331 g/mol. The standard InChI is InChI=1S/C14H16BrF2NO/c15-9-6-11(16)13(12(17)7-9)18-10-2-5-19-14(8-10)3-1-4-14/h6-7,10,18H,1-5,8H2. The Labute approximate surface area is 119 Å². The molecule has 1 N–H and O–H groups in total. The van der Waals surface area contributed by atoms with Gasteiger partial charge in [0.15, 0.2) is 0 Å². The molecular weight excluding hydrogens is 316 g/mol. The van der Waals surface area contributed by atoms with Crippen LogP contribution in [0.15, 0.2) is 16.6 Å². The van der Waals surface area contributed by atoms with Crippen LogP contribution in [0.2, 0.25) is 0 Å². The smallest absolute Gasteiger partial charge is 0.150 e. The number of benzene rings is 1. The molecular formula is C14H16BrF2NO. The van der Waals surface area contributed by atoms with E-state index in [9.17, 15) is 8.78 Å². The molecule has 2 nitrogen and oxygen atoms in total. The Bertz CT molecular complexity index is 467. The molecule has 19 heavy (non-hydrogen) atoms. The quantitative estimate of drug-likeness (QED) is 0.875. The zero-order valence-corrected chi connectivity index (χ0v) is 12.1. The predicted octanol–water partition coefficient (Wildman–Crippen LogP) is 4.24. The Morgan fingerprint density at radius 2 is 1.95 bits per heavy atom. The first-order valence-electron chi connectivity index (χ1n) is 6.63. The summed E-state index contributed by atoms with van der Waals surface area (Å²) in [6.45, 7) is 0.664. The second-order valence-electron chi connectivity index (χ2n) is 5.46. The van der Waals surface area contributed by atoms with Gasteiger partial charge in [0.1, 0.15) is 17.3 Å². The lowest BCUT2D eigenvalue weighted by molar-refractivity contribution is -0.130. The molecule has 1 aliphatic heterocycles. The molecule has 0 bridgehead atoms. The van der Waals surface area contributed by atoms with Gasteiger partial charge in [-0.3, -0.25) is 0 Å². The van der Waals surface area contributed by atoms with Crippen molar-refractivity contribution in [2.75, 3.05) is 11.9 Å². The van der Waals surface area contributed by atoms with E-state index in [4.69, 9.17) is 4.74 Å². The van der Waals surface area contributed by atoms with E-state index in [1.165, 1.54) is 18.6 Å². The van der Waals surface area contributed by atoms with Crippen molar-refractivity contribution in [3.63, 3.8) is 0 Å². The summed E-state index contributed by atoms with van der Waals surface area (Å²) >= 11 is 3.08. The maximum absolute atomic E-state index is 13.8. The molecule has 2 aliphatic rings. The Balaban J connectivity index is 1.74. The lowest BCUT2D eigenvalue weighted by atomic mass is 9.74. The first kappa shape index (κ1) is 13.3. The molecule has 1 spiro atoms. The molecule has 1 saturated carbocycles. The van der Waals surface area contributed by atoms with Gasteiger partial charge in [-0.05, 0) is 44.2 Å². The van der Waals surface area contributed by atoms with Gasteiger partial charge in [-0.2, -0.15) is 0 Å². The average Bonchev–Trinajstić information content (AvgIpc) is 2.32. The maximum Gasteiger partial charge on any atom is 0.150 e. The van der Waals surface area contributed by atoms with Crippen LogP contribution in [-0.4, -0.2) is 18.2 Å². The number of ether oxygens (including phenoxy) is 1. The predicted molar refractivity (Wildman–Crippen MR) is 73.2 cm³/mol. The maximum atomic E-state index is 13.8. The number of rotatable bonds is 2. The highest BCUT2D eigenvalue weighted by molar-refractivity contribution is 9.10. The van der Waals surface area contributed by atoms with Crippen molar-refractivity contribution in [3.05, 3.63) is 28.2 Å². The van der Waals surface area contributed by atoms with E-state index in [1.807, 2.05) is 0 Å². The van der Waals surface area contributed by atoms with Crippen molar-refractivity contribution in [3.8, 4) is 0 Å². The molecule has 0 radical (unpaired) electrons. The molecule has 2 fully saturated rings. The van der Waals surface area contributed by atoms with E-state index in [2.05, 4.69) is 21.2 Å². The lowest BCUT2D eigenvalue weighted by Gasteiger charge is -2.47. The average molecular weight is 332 g/mol. The van der Waals surface area contributed by atoms with Gasteiger partial charge in [-0.25, -0.2) is 8.78 Å². The van der Waals surface area contributed by atoms with Crippen LogP contribution in [0, 0.1) is 11.6 Å². The number of hydrogen-bond acceptors (Lipinski definition) is 2. The van der Waals surface area contributed by atoms with Crippen LogP contribution in [0.25, 0.3) is 0 Å². The second kappa shape index (κ2) is 5.02. The summed E-state index contributed by atoms with van der Waals surface area (Å²) in [5.41, 5.74) is -0.0531. The number of halogens is 3. The third kappa shape index (κ3) is 2.63. The van der Waals surface area contributed by atoms with Crippen LogP contribution in [0.3, 0.4) is 0 Å². The van der Waals surface area contributed by atoms with Crippen LogP contribution in [-0.2, 0) is 4.74 Å². The summed E-state index contributed by atoms with van der Waals surface area (Å²) in [6, 6.07) is 2.65. The fourth-order valence-electron chi connectivity index (χ4n) is 2.95. The van der Waals surface area contributed by atoms with Crippen LogP contribution < -0.4 is 5.32 Å². The molecule has 1 aliphatic carbocycles. The zero-order chi connectivity index (χ0) is 13.5. The molecule has 5 heteroatoms. The summed E-state index contributed by atoms with van der Waals surface area (Å²) in [4.78, 5) is 0. The van der Waals surface area contributed by atoms with Gasteiger partial charge in [0.2, 0.25) is 0 Å². The van der Waals surface area contributed by atoms with E-state index in [0.29, 0.717) is 11.1 Å². The van der Waals surface area contributed by atoms with Crippen LogP contribution >= 0.6 is 15.9 Å². The molecule has 1 heterocycles. The fraction of sp³-hybridized carbons (Fsp3) is 0.571. The minimum Gasteiger partial charge on any atom is -0.377 e. The highest BCUT2D eigenvalue weighted by Crippen LogP contribution is 2.43. The van der Waals surface area contributed by atoms with E-state index in [1.54, 1.807) is 0 Å². The Morgan fingerprint density at radius 1 is 1.26 bits per heavy atom. The highest BCUT2D eigenvalue weighted by Gasteiger charge is 2.42. The summed E-state index contributed by atoms with van der Waals surface area (Å²) in [6.07, 6.45) is 4.94. The van der Waals surface area contributed by atoms with Crippen LogP contribution in [0.4, 0.5) is 14.5 Å². The summed E-state index contributed by atoms with van der Waals surface area (Å²) < 4.78 is 33.8. The van der Waals surface area contributed by atoms with Gasteiger partial charge in [0.25, 0.3) is 0 Å². The van der Waals surface area contributed by atoms with E-state index in [0.717, 1.165) is 25.7 Å². The summed E-state index contributed by atoms with van der Waals surface area (Å²) in [5, 5.41) is 3.02. The van der Waals surface area contributed by atoms with Crippen LogP contribution in [0.1, 0.15) is 32.1 Å². The van der Waals surface area contributed by atoms with Crippen molar-refractivity contribution < 1.29 is 13.5 Å². The molecule has 1 saturated heterocycles. The number of hydrogen-bond donors (Lipinski definition) is 1. The first-order valence-corrected chi connectivity index (χ1v) is 7.42. The number of nitrogens with one attached hydrogen (secondary N) is 1. The molecule has 1 atom stereocenters. The minimum atomic E-state index is -0.555. The van der Waals surface area contributed by atoms with E-state index in [-0.39, 0.29) is 17.3 Å². The third-order valence-electron chi connectivity index (χ3n) is 4.11. The van der Waals surface area contributed by atoms with Gasteiger partial charge in [0, 0.05) is 17.1 Å². The van der Waals surface area contributed by atoms with Gasteiger partial charge < -0.3 is 10.1 Å². The largest absolute Gasteiger partial charge is 0.377 e. The topological polar surface area (TPSA) is 21.3 Å². The first-order chi connectivity index (χ1) is 9.08. The fourth-order valence-corrected chi connectivity index (χ4v) is 3.36. The normalized spacial score (nSPS) is 25.1. The zero-order valence-electron chi connectivity index (χ0n) is 10.5. The van der Waals surface area contributed by atoms with Gasteiger partial charge >= 0.3 is 0 Å². The molecule has 3 rings (SSSR count). The molecule has 0 aromatic heterocycles. The summed E-state index contributed by atoms with van der Waals surface area (Å²) in [7, 11) is 0. The Hall–Kier alpha value is -0.680. The molecule has 1 unspecified atom stereocenters.